The number of hydrogen-bond acceptors (Lipinski definition) is 6. The molecule has 0 aliphatic carbocycles. The van der Waals surface area contributed by atoms with Crippen LogP contribution in [0.4, 0.5) is 19.0 Å². The first kappa shape index (κ1) is 26.4. The third kappa shape index (κ3) is 5.22. The van der Waals surface area contributed by atoms with Gasteiger partial charge in [-0.25, -0.2) is 19.3 Å². The number of carbonyl (C=O) groups excluding carboxylic acids is 1. The summed E-state index contributed by atoms with van der Waals surface area (Å²) < 4.78 is 35.2. The van der Waals surface area contributed by atoms with Crippen molar-refractivity contribution in [2.75, 3.05) is 5.73 Å². The highest BCUT2D eigenvalue weighted by molar-refractivity contribution is 6.34. The molecule has 38 heavy (non-hydrogen) atoms. The van der Waals surface area contributed by atoms with Gasteiger partial charge < -0.3 is 16.2 Å². The summed E-state index contributed by atoms with van der Waals surface area (Å²) >= 11 is 6.53. The van der Waals surface area contributed by atoms with Crippen molar-refractivity contribution in [3.8, 4) is 11.3 Å². The van der Waals surface area contributed by atoms with Crippen molar-refractivity contribution >= 4 is 40.5 Å². The molecule has 14 heteroatoms. The summed E-state index contributed by atoms with van der Waals surface area (Å²) in [6.07, 6.45) is 1.64. The predicted octanol–water partition coefficient (Wildman–Crippen LogP) is 4.40. The molecule has 4 heterocycles. The van der Waals surface area contributed by atoms with E-state index in [2.05, 4.69) is 20.4 Å². The lowest BCUT2D eigenvalue weighted by molar-refractivity contribution is -0.192. The first-order valence-electron chi connectivity index (χ1n) is 10.9. The first-order chi connectivity index (χ1) is 18.0. The fourth-order valence-electron chi connectivity index (χ4n) is 3.77. The van der Waals surface area contributed by atoms with Gasteiger partial charge in [0, 0.05) is 18.0 Å². The molecule has 0 saturated carbocycles. The summed E-state index contributed by atoms with van der Waals surface area (Å²) in [7, 11) is 0. The molecular weight excluding hydrogens is 527 g/mol. The lowest BCUT2D eigenvalue weighted by atomic mass is 9.99. The van der Waals surface area contributed by atoms with Crippen LogP contribution in [0.25, 0.3) is 22.4 Å². The Balaban J connectivity index is 0.000000426. The molecule has 0 radical (unpaired) electrons. The fraction of sp³-hybridized carbons (Fsp3) is 0.125. The van der Waals surface area contributed by atoms with E-state index in [1.165, 1.54) is 4.52 Å². The number of alkyl halides is 3. The second-order valence-electron chi connectivity index (χ2n) is 7.96. The topological polar surface area (TPSA) is 140 Å². The van der Waals surface area contributed by atoms with E-state index >= 15 is 0 Å². The number of fused-ring (bicyclic) bond motifs is 2. The van der Waals surface area contributed by atoms with Crippen LogP contribution in [0.5, 0.6) is 0 Å². The normalized spacial score (nSPS) is 12.1. The molecule has 5 rings (SSSR count). The summed E-state index contributed by atoms with van der Waals surface area (Å²) in [5.74, 6) is -3.00. The highest BCUT2D eigenvalue weighted by Gasteiger charge is 2.38. The number of aliphatic carboxylic acids is 1. The van der Waals surface area contributed by atoms with E-state index in [0.29, 0.717) is 10.7 Å². The number of nitrogen functional groups attached to an aromatic ring is 1. The number of anilines is 1. The number of carbonyl (C=O) groups is 2. The minimum Gasteiger partial charge on any atom is -0.475 e. The van der Waals surface area contributed by atoms with Crippen molar-refractivity contribution in [2.45, 2.75) is 19.1 Å². The second kappa shape index (κ2) is 10.4. The molecule has 1 atom stereocenters. The standard InChI is InChI=1S/C22H18ClN7O.C2HF3O2/c1-13(27-22(31)18-20(24)28-30-9-5-8-26-21(18)30)15-10-16(23)17-11-25-12-29(17)19(15)14-6-3-2-4-7-14;3-2(4,5)1(6)7/h2-13H,1H3,(H2,24,28)(H,27,31);(H,6,7). The highest BCUT2D eigenvalue weighted by Crippen LogP contribution is 2.33. The number of halogens is 4. The number of carboxylic acids is 1. The Labute approximate surface area is 217 Å². The minimum absolute atomic E-state index is 0.120. The third-order valence-electron chi connectivity index (χ3n) is 5.43. The van der Waals surface area contributed by atoms with Crippen molar-refractivity contribution in [1.82, 2.24) is 29.3 Å². The predicted molar refractivity (Wildman–Crippen MR) is 133 cm³/mol. The lowest BCUT2D eigenvalue weighted by Gasteiger charge is -2.20. The molecule has 0 aliphatic heterocycles. The van der Waals surface area contributed by atoms with E-state index in [1.807, 2.05) is 47.7 Å². The molecular formula is C24H19ClF3N7O3. The maximum atomic E-state index is 13.1. The van der Waals surface area contributed by atoms with Crippen LogP contribution in [0, 0.1) is 0 Å². The summed E-state index contributed by atoms with van der Waals surface area (Å²) in [6, 6.07) is 13.1. The summed E-state index contributed by atoms with van der Waals surface area (Å²) in [4.78, 5) is 30.5. The summed E-state index contributed by atoms with van der Waals surface area (Å²) in [6.45, 7) is 1.90. The van der Waals surface area contributed by atoms with Crippen LogP contribution in [0.2, 0.25) is 5.02 Å². The number of carboxylic acid groups (broad SMARTS) is 1. The van der Waals surface area contributed by atoms with Crippen LogP contribution in [0.3, 0.4) is 0 Å². The van der Waals surface area contributed by atoms with E-state index in [9.17, 15) is 18.0 Å². The first-order valence-corrected chi connectivity index (χ1v) is 11.3. The van der Waals surface area contributed by atoms with Gasteiger partial charge in [-0.2, -0.15) is 13.2 Å². The Hall–Kier alpha value is -4.65. The van der Waals surface area contributed by atoms with Gasteiger partial charge in [-0.05, 0) is 24.6 Å². The molecule has 0 saturated heterocycles. The van der Waals surface area contributed by atoms with E-state index in [-0.39, 0.29) is 23.3 Å². The van der Waals surface area contributed by atoms with Gasteiger partial charge in [0.05, 0.1) is 34.8 Å². The van der Waals surface area contributed by atoms with Crippen LogP contribution >= 0.6 is 11.6 Å². The maximum absolute atomic E-state index is 13.1. The van der Waals surface area contributed by atoms with E-state index in [4.69, 9.17) is 27.2 Å². The van der Waals surface area contributed by atoms with E-state index in [0.717, 1.165) is 22.3 Å². The minimum atomic E-state index is -5.08. The molecule has 0 bridgehead atoms. The Kier molecular flexibility index (Phi) is 7.21. The molecule has 0 aliphatic rings. The Morgan fingerprint density at radius 1 is 1.18 bits per heavy atom. The van der Waals surface area contributed by atoms with E-state index in [1.54, 1.807) is 31.0 Å². The Morgan fingerprint density at radius 2 is 1.87 bits per heavy atom. The second-order valence-corrected chi connectivity index (χ2v) is 8.36. The van der Waals surface area contributed by atoms with Gasteiger partial charge in [0.1, 0.15) is 5.56 Å². The maximum Gasteiger partial charge on any atom is 0.490 e. The highest BCUT2D eigenvalue weighted by atomic mass is 35.5. The summed E-state index contributed by atoms with van der Waals surface area (Å²) in [5.41, 5.74) is 10.2. The molecule has 4 N–H and O–H groups in total. The van der Waals surface area contributed by atoms with Gasteiger partial charge in [-0.15, -0.1) is 5.10 Å². The third-order valence-corrected chi connectivity index (χ3v) is 5.74. The van der Waals surface area contributed by atoms with Crippen molar-refractivity contribution in [2.24, 2.45) is 0 Å². The van der Waals surface area contributed by atoms with Crippen LogP contribution in [-0.2, 0) is 4.79 Å². The number of aromatic nitrogens is 5. The Morgan fingerprint density at radius 3 is 2.53 bits per heavy atom. The Bertz CT molecular complexity index is 1630. The quantitative estimate of drug-likeness (QED) is 0.304. The number of nitrogens with two attached hydrogens (primary N) is 1. The number of nitrogens with zero attached hydrogens (tertiary/aromatic N) is 5. The van der Waals surface area contributed by atoms with Crippen molar-refractivity contribution in [3.05, 3.63) is 83.5 Å². The van der Waals surface area contributed by atoms with Gasteiger partial charge >= 0.3 is 12.1 Å². The molecule has 196 valence electrons. The molecule has 0 spiro atoms. The van der Waals surface area contributed by atoms with Crippen LogP contribution in [0.1, 0.15) is 28.9 Å². The number of imidazole rings is 1. The van der Waals surface area contributed by atoms with E-state index < -0.39 is 12.1 Å². The molecule has 5 aromatic rings. The smallest absolute Gasteiger partial charge is 0.475 e. The van der Waals surface area contributed by atoms with Gasteiger partial charge in [0.15, 0.2) is 11.5 Å². The van der Waals surface area contributed by atoms with Gasteiger partial charge in [0.25, 0.3) is 5.91 Å². The van der Waals surface area contributed by atoms with Crippen molar-refractivity contribution in [1.29, 1.82) is 0 Å². The zero-order chi connectivity index (χ0) is 27.6. The van der Waals surface area contributed by atoms with Gasteiger partial charge in [-0.3, -0.25) is 9.20 Å². The molecule has 1 aromatic carbocycles. The monoisotopic (exact) mass is 545 g/mol. The zero-order valence-corrected chi connectivity index (χ0v) is 20.3. The number of benzene rings is 1. The number of amides is 1. The number of rotatable bonds is 4. The molecule has 1 amide bonds. The number of pyridine rings is 1. The van der Waals surface area contributed by atoms with Gasteiger partial charge in [0.2, 0.25) is 0 Å². The molecule has 0 fully saturated rings. The molecule has 10 nitrogen and oxygen atoms in total. The lowest BCUT2D eigenvalue weighted by Crippen LogP contribution is -2.28. The zero-order valence-electron chi connectivity index (χ0n) is 19.5. The SMILES string of the molecule is CC(NC(=O)c1c(N)nn2cccnc12)c1cc(Cl)c2cncn2c1-c1ccccc1.O=C(O)C(F)(F)F. The van der Waals surface area contributed by atoms with Crippen LogP contribution < -0.4 is 11.1 Å². The number of hydrogen-bond donors (Lipinski definition) is 3. The van der Waals surface area contributed by atoms with Crippen molar-refractivity contribution < 1.29 is 27.9 Å². The average molecular weight is 546 g/mol. The summed E-state index contributed by atoms with van der Waals surface area (Å²) in [5, 5.41) is 14.9. The van der Waals surface area contributed by atoms with Gasteiger partial charge in [-0.1, -0.05) is 41.9 Å². The number of nitrogens with one attached hydrogen (secondary N) is 1. The van der Waals surface area contributed by atoms with Crippen molar-refractivity contribution in [3.63, 3.8) is 0 Å². The fourth-order valence-corrected chi connectivity index (χ4v) is 4.03. The molecule has 1 unspecified atom stereocenters. The average Bonchev–Trinajstić information content (AvgIpc) is 3.48. The van der Waals surface area contributed by atoms with Crippen LogP contribution in [0.15, 0.2) is 67.4 Å². The van der Waals surface area contributed by atoms with Crippen LogP contribution in [-0.4, -0.2) is 47.1 Å². The largest absolute Gasteiger partial charge is 0.490 e. The molecule has 4 aromatic heterocycles.